The summed E-state index contributed by atoms with van der Waals surface area (Å²) in [6.07, 6.45) is 6.87. The second kappa shape index (κ2) is 11.6. The molecule has 0 amide bonds. The molecule has 0 radical (unpaired) electrons. The van der Waals surface area contributed by atoms with Gasteiger partial charge in [-0.05, 0) is 105 Å². The van der Waals surface area contributed by atoms with Crippen molar-refractivity contribution < 1.29 is 31.1 Å². The number of ether oxygens (including phenoxy) is 1. The van der Waals surface area contributed by atoms with Gasteiger partial charge in [-0.1, -0.05) is 36.4 Å². The Morgan fingerprint density at radius 2 is 1.59 bits per heavy atom. The van der Waals surface area contributed by atoms with E-state index >= 15 is 4.39 Å². The van der Waals surface area contributed by atoms with E-state index in [0.29, 0.717) is 11.8 Å². The Morgan fingerprint density at radius 1 is 0.892 bits per heavy atom. The molecule has 4 rings (SSSR count). The van der Waals surface area contributed by atoms with E-state index in [2.05, 4.69) is 29.9 Å². The van der Waals surface area contributed by atoms with Crippen LogP contribution in [0.4, 0.5) is 26.3 Å². The van der Waals surface area contributed by atoms with Crippen molar-refractivity contribution in [2.24, 2.45) is 17.8 Å². The van der Waals surface area contributed by atoms with E-state index in [4.69, 9.17) is 0 Å². The van der Waals surface area contributed by atoms with Crippen LogP contribution in [0, 0.1) is 29.4 Å². The Hall–Kier alpha value is -2.96. The summed E-state index contributed by atoms with van der Waals surface area (Å²) < 4.78 is 84.5. The van der Waals surface area contributed by atoms with Crippen molar-refractivity contribution >= 4 is 5.57 Å². The van der Waals surface area contributed by atoms with Crippen LogP contribution in [0.1, 0.15) is 57.4 Å². The number of halogens is 6. The van der Waals surface area contributed by atoms with Crippen LogP contribution in [-0.4, -0.2) is 6.11 Å². The molecule has 1 unspecified atom stereocenters. The summed E-state index contributed by atoms with van der Waals surface area (Å²) >= 11 is 0. The average Bonchev–Trinajstić information content (AvgIpc) is 2.85. The third-order valence-corrected chi connectivity index (χ3v) is 7.51. The second-order valence-corrected chi connectivity index (χ2v) is 9.90. The third kappa shape index (κ3) is 6.88. The van der Waals surface area contributed by atoms with Crippen LogP contribution in [0.25, 0.3) is 16.7 Å². The first-order chi connectivity index (χ1) is 17.6. The predicted octanol–water partition coefficient (Wildman–Crippen LogP) is 9.95. The van der Waals surface area contributed by atoms with Gasteiger partial charge in [-0.2, -0.15) is 17.6 Å². The quantitative estimate of drug-likeness (QED) is 0.261. The summed E-state index contributed by atoms with van der Waals surface area (Å²) in [6, 6.07) is 7.64. The molecule has 0 heterocycles. The highest BCUT2D eigenvalue weighted by atomic mass is 19.3. The zero-order chi connectivity index (χ0) is 26.6. The minimum atomic E-state index is -4.38. The van der Waals surface area contributed by atoms with E-state index in [1.54, 1.807) is 6.07 Å². The molecule has 7 heteroatoms. The molecule has 2 aromatic rings. The molecule has 198 valence electrons. The van der Waals surface area contributed by atoms with Crippen LogP contribution < -0.4 is 4.74 Å². The molecule has 1 nitrogen and oxygen atoms in total. The van der Waals surface area contributed by atoms with Crippen LogP contribution in [0.15, 0.2) is 66.8 Å². The highest BCUT2D eigenvalue weighted by Crippen LogP contribution is 2.42. The lowest BCUT2D eigenvalue weighted by atomic mass is 9.71. The molecular formula is C30H30F6O. The normalized spacial score (nSPS) is 22.6. The third-order valence-electron chi connectivity index (χ3n) is 7.51. The first kappa shape index (κ1) is 27.1. The van der Waals surface area contributed by atoms with Crippen molar-refractivity contribution in [2.45, 2.75) is 58.0 Å². The Morgan fingerprint density at radius 3 is 2.19 bits per heavy atom. The molecule has 2 aliphatic carbocycles. The van der Waals surface area contributed by atoms with Crippen molar-refractivity contribution in [1.29, 1.82) is 0 Å². The van der Waals surface area contributed by atoms with E-state index in [1.165, 1.54) is 43.9 Å². The SMILES string of the molecule is C/C=C/C1CCC(C2CC=C(c3ccc(-c4ccc(OC(F)(F)C=C(F)F)c(F)c4)c(F)c3)CC2)CC1. The molecular weight excluding hydrogens is 490 g/mol. The highest BCUT2D eigenvalue weighted by molar-refractivity contribution is 5.72. The van der Waals surface area contributed by atoms with E-state index in [1.807, 2.05) is 0 Å². The van der Waals surface area contributed by atoms with Crippen LogP contribution in [0.3, 0.4) is 0 Å². The first-order valence-corrected chi connectivity index (χ1v) is 12.7. The maximum absolute atomic E-state index is 15.0. The summed E-state index contributed by atoms with van der Waals surface area (Å²) in [5.74, 6) is -0.587. The second-order valence-electron chi connectivity index (χ2n) is 9.90. The van der Waals surface area contributed by atoms with Gasteiger partial charge >= 0.3 is 6.11 Å². The van der Waals surface area contributed by atoms with Crippen LogP contribution in [-0.2, 0) is 0 Å². The highest BCUT2D eigenvalue weighted by Gasteiger charge is 2.32. The molecule has 1 fully saturated rings. The van der Waals surface area contributed by atoms with Gasteiger partial charge in [0.25, 0.3) is 6.08 Å². The zero-order valence-electron chi connectivity index (χ0n) is 20.6. The number of alkyl halides is 2. The lowest BCUT2D eigenvalue weighted by Crippen LogP contribution is -2.22. The Kier molecular flexibility index (Phi) is 8.50. The van der Waals surface area contributed by atoms with Crippen LogP contribution in [0.5, 0.6) is 5.75 Å². The van der Waals surface area contributed by atoms with Gasteiger partial charge < -0.3 is 4.74 Å². The molecule has 0 aliphatic heterocycles. The summed E-state index contributed by atoms with van der Waals surface area (Å²) in [4.78, 5) is 0. The fourth-order valence-electron chi connectivity index (χ4n) is 5.63. The van der Waals surface area contributed by atoms with Gasteiger partial charge in [0.1, 0.15) is 5.82 Å². The van der Waals surface area contributed by atoms with Crippen molar-refractivity contribution in [3.8, 4) is 16.9 Å². The molecule has 1 atom stereocenters. The number of hydrogen-bond donors (Lipinski definition) is 0. The molecule has 0 bridgehead atoms. The Labute approximate surface area is 213 Å². The van der Waals surface area contributed by atoms with Gasteiger partial charge in [-0.15, -0.1) is 0 Å². The molecule has 1 saturated carbocycles. The average molecular weight is 521 g/mol. The van der Waals surface area contributed by atoms with Gasteiger partial charge in [-0.25, -0.2) is 8.78 Å². The van der Waals surface area contributed by atoms with Crippen molar-refractivity contribution in [3.05, 3.63) is 84.0 Å². The monoisotopic (exact) mass is 520 g/mol. The minimum absolute atomic E-state index is 0.0998. The van der Waals surface area contributed by atoms with Crippen LogP contribution in [0.2, 0.25) is 0 Å². The number of benzene rings is 2. The van der Waals surface area contributed by atoms with Gasteiger partial charge in [0.05, 0.1) is 6.08 Å². The molecule has 0 spiro atoms. The summed E-state index contributed by atoms with van der Waals surface area (Å²) in [6.45, 7) is 2.07. The molecule has 2 aromatic carbocycles. The summed E-state index contributed by atoms with van der Waals surface area (Å²) in [5, 5.41) is 0. The van der Waals surface area contributed by atoms with Crippen molar-refractivity contribution in [3.63, 3.8) is 0 Å². The van der Waals surface area contributed by atoms with E-state index < -0.39 is 35.6 Å². The number of allylic oxidation sites excluding steroid dienone is 4. The molecule has 37 heavy (non-hydrogen) atoms. The van der Waals surface area contributed by atoms with Crippen LogP contribution >= 0.6 is 0 Å². The topological polar surface area (TPSA) is 9.23 Å². The first-order valence-electron chi connectivity index (χ1n) is 12.7. The fraction of sp³-hybridized carbons (Fsp3) is 0.400. The summed E-state index contributed by atoms with van der Waals surface area (Å²) in [5.41, 5.74) is 2.09. The minimum Gasteiger partial charge on any atom is -0.426 e. The van der Waals surface area contributed by atoms with Gasteiger partial charge in [0, 0.05) is 5.56 Å². The molecule has 0 aromatic heterocycles. The smallest absolute Gasteiger partial charge is 0.425 e. The van der Waals surface area contributed by atoms with Crippen molar-refractivity contribution in [2.75, 3.05) is 0 Å². The van der Waals surface area contributed by atoms with E-state index in [0.717, 1.165) is 48.4 Å². The fourth-order valence-corrected chi connectivity index (χ4v) is 5.63. The predicted molar refractivity (Wildman–Crippen MR) is 133 cm³/mol. The van der Waals surface area contributed by atoms with E-state index in [-0.39, 0.29) is 11.1 Å². The van der Waals surface area contributed by atoms with Gasteiger partial charge in [0.2, 0.25) is 0 Å². The Bertz CT molecular complexity index is 1190. The lowest BCUT2D eigenvalue weighted by molar-refractivity contribution is -0.135. The molecule has 0 N–H and O–H groups in total. The van der Waals surface area contributed by atoms with Gasteiger partial charge in [-0.3, -0.25) is 0 Å². The lowest BCUT2D eigenvalue weighted by Gasteiger charge is -2.34. The Balaban J connectivity index is 1.42. The summed E-state index contributed by atoms with van der Waals surface area (Å²) in [7, 11) is 0. The van der Waals surface area contributed by atoms with Gasteiger partial charge in [0.15, 0.2) is 11.6 Å². The maximum atomic E-state index is 15.0. The zero-order valence-corrected chi connectivity index (χ0v) is 20.6. The number of rotatable bonds is 7. The maximum Gasteiger partial charge on any atom is 0.425 e. The number of hydrogen-bond acceptors (Lipinski definition) is 1. The largest absolute Gasteiger partial charge is 0.426 e. The molecule has 2 aliphatic rings. The van der Waals surface area contributed by atoms with E-state index in [9.17, 15) is 22.0 Å². The standard InChI is InChI=1S/C30H30F6O/c1-2-3-19-4-6-20(7-5-19)21-8-10-22(11-9-21)23-12-14-25(26(31)16-23)24-13-15-28(27(32)17-24)37-30(35,36)18-29(33)34/h2-3,10,12-21H,4-9,11H2,1H3/b3-2+. The van der Waals surface area contributed by atoms with Crippen molar-refractivity contribution in [1.82, 2.24) is 0 Å². The molecule has 0 saturated heterocycles.